The van der Waals surface area contributed by atoms with Gasteiger partial charge in [-0.05, 0) is 25.5 Å². The molecule has 0 saturated carbocycles. The van der Waals surface area contributed by atoms with Gasteiger partial charge in [0.2, 0.25) is 5.89 Å². The average Bonchev–Trinajstić information content (AvgIpc) is 3.09. The lowest BCUT2D eigenvalue weighted by Crippen LogP contribution is -2.02. The summed E-state index contributed by atoms with van der Waals surface area (Å²) in [5, 5.41) is 7.28. The third-order valence-electron chi connectivity index (χ3n) is 3.27. The van der Waals surface area contributed by atoms with E-state index < -0.39 is 0 Å². The van der Waals surface area contributed by atoms with Gasteiger partial charge in [-0.15, -0.1) is 0 Å². The molecule has 5 nitrogen and oxygen atoms in total. The van der Waals surface area contributed by atoms with E-state index in [1.807, 2.05) is 12.1 Å². The molecule has 0 bridgehead atoms. The zero-order valence-electron chi connectivity index (χ0n) is 10.9. The van der Waals surface area contributed by atoms with E-state index in [9.17, 15) is 0 Å². The van der Waals surface area contributed by atoms with Crippen LogP contribution in [0.3, 0.4) is 0 Å². The van der Waals surface area contributed by atoms with Gasteiger partial charge in [0, 0.05) is 18.2 Å². The Morgan fingerprint density at radius 3 is 2.89 bits per heavy atom. The summed E-state index contributed by atoms with van der Waals surface area (Å²) in [4.78, 5) is 4.40. The number of hydrogen-bond donors (Lipinski definition) is 1. The fraction of sp³-hybridized carbons (Fsp3) is 0.429. The van der Waals surface area contributed by atoms with Crippen molar-refractivity contribution in [3.63, 3.8) is 0 Å². The monoisotopic (exact) mass is 259 g/mol. The van der Waals surface area contributed by atoms with Gasteiger partial charge in [-0.3, -0.25) is 0 Å². The number of aryl methyl sites for hydroxylation is 1. The van der Waals surface area contributed by atoms with Crippen molar-refractivity contribution in [2.24, 2.45) is 0 Å². The zero-order chi connectivity index (χ0) is 13.1. The second-order valence-corrected chi connectivity index (χ2v) is 4.83. The van der Waals surface area contributed by atoms with Crippen LogP contribution >= 0.6 is 0 Å². The molecule has 3 rings (SSSR count). The van der Waals surface area contributed by atoms with E-state index in [0.29, 0.717) is 19.0 Å². The molecule has 2 heterocycles. The summed E-state index contributed by atoms with van der Waals surface area (Å²) in [7, 11) is 0. The smallest absolute Gasteiger partial charge is 0.245 e. The van der Waals surface area contributed by atoms with Crippen molar-refractivity contribution in [2.45, 2.75) is 25.8 Å². The Bertz CT molecular complexity index is 530. The van der Waals surface area contributed by atoms with Crippen molar-refractivity contribution in [3.8, 4) is 0 Å². The van der Waals surface area contributed by atoms with Crippen LogP contribution in [0.5, 0.6) is 0 Å². The molecule has 5 heteroatoms. The Hall–Kier alpha value is -1.88. The highest BCUT2D eigenvalue weighted by Crippen LogP contribution is 2.22. The van der Waals surface area contributed by atoms with Crippen molar-refractivity contribution in [1.29, 1.82) is 0 Å². The number of ether oxygens (including phenoxy) is 1. The first-order chi connectivity index (χ1) is 9.31. The normalized spacial score (nSPS) is 18.7. The van der Waals surface area contributed by atoms with E-state index in [1.165, 1.54) is 5.56 Å². The van der Waals surface area contributed by atoms with Gasteiger partial charge in [0.25, 0.3) is 0 Å². The number of nitrogens with zero attached hydrogens (tertiary/aromatic N) is 2. The highest BCUT2D eigenvalue weighted by Gasteiger charge is 2.22. The minimum Gasteiger partial charge on any atom is -0.381 e. The number of hydrogen-bond acceptors (Lipinski definition) is 5. The second kappa shape index (κ2) is 5.40. The number of anilines is 1. The number of nitrogens with one attached hydrogen (secondary N) is 1. The lowest BCUT2D eigenvalue weighted by atomic mass is 10.1. The summed E-state index contributed by atoms with van der Waals surface area (Å²) in [5.74, 6) is 1.66. The highest BCUT2D eigenvalue weighted by molar-refractivity contribution is 5.44. The molecule has 1 aromatic carbocycles. The molecule has 1 fully saturated rings. The van der Waals surface area contributed by atoms with Gasteiger partial charge in [0.15, 0.2) is 5.82 Å². The molecule has 2 aromatic rings. The molecule has 0 amide bonds. The predicted octanol–water partition coefficient (Wildman–Crippen LogP) is 2.49. The summed E-state index contributed by atoms with van der Waals surface area (Å²) in [6.45, 7) is 4.10. The van der Waals surface area contributed by atoms with Crippen molar-refractivity contribution < 1.29 is 9.26 Å². The van der Waals surface area contributed by atoms with Gasteiger partial charge in [-0.25, -0.2) is 0 Å². The van der Waals surface area contributed by atoms with Crippen molar-refractivity contribution in [3.05, 3.63) is 41.5 Å². The van der Waals surface area contributed by atoms with E-state index in [4.69, 9.17) is 9.26 Å². The van der Waals surface area contributed by atoms with Gasteiger partial charge in [0.1, 0.15) is 0 Å². The first-order valence-corrected chi connectivity index (χ1v) is 6.52. The largest absolute Gasteiger partial charge is 0.381 e. The highest BCUT2D eigenvalue weighted by atomic mass is 16.5. The number of rotatable bonds is 4. The van der Waals surface area contributed by atoms with Crippen LogP contribution in [0.4, 0.5) is 5.69 Å². The van der Waals surface area contributed by atoms with Crippen LogP contribution in [-0.4, -0.2) is 23.4 Å². The maximum Gasteiger partial charge on any atom is 0.245 e. The summed E-state index contributed by atoms with van der Waals surface area (Å²) < 4.78 is 10.6. The molecule has 100 valence electrons. The standard InChI is InChI=1S/C14H17N3O2/c1-10-2-4-12(5-3-10)15-8-13-16-14(17-19-13)11-6-7-18-9-11/h2-5,11,15H,6-9H2,1H3. The molecular weight excluding hydrogens is 242 g/mol. The van der Waals surface area contributed by atoms with Crippen LogP contribution in [0.2, 0.25) is 0 Å². The molecule has 1 aromatic heterocycles. The minimum atomic E-state index is 0.289. The number of benzene rings is 1. The van der Waals surface area contributed by atoms with E-state index >= 15 is 0 Å². The molecular formula is C14H17N3O2. The quantitative estimate of drug-likeness (QED) is 0.914. The topological polar surface area (TPSA) is 60.2 Å². The zero-order valence-corrected chi connectivity index (χ0v) is 10.9. The fourth-order valence-corrected chi connectivity index (χ4v) is 2.09. The van der Waals surface area contributed by atoms with Crippen LogP contribution < -0.4 is 5.32 Å². The lowest BCUT2D eigenvalue weighted by molar-refractivity contribution is 0.192. The van der Waals surface area contributed by atoms with Crippen LogP contribution in [0.15, 0.2) is 28.8 Å². The third-order valence-corrected chi connectivity index (χ3v) is 3.27. The third kappa shape index (κ3) is 2.93. The van der Waals surface area contributed by atoms with Crippen molar-refractivity contribution in [2.75, 3.05) is 18.5 Å². The summed E-state index contributed by atoms with van der Waals surface area (Å²) >= 11 is 0. The van der Waals surface area contributed by atoms with E-state index in [0.717, 1.165) is 24.5 Å². The molecule has 1 saturated heterocycles. The fourth-order valence-electron chi connectivity index (χ4n) is 2.09. The van der Waals surface area contributed by atoms with E-state index in [1.54, 1.807) is 0 Å². The first-order valence-electron chi connectivity index (χ1n) is 6.52. The van der Waals surface area contributed by atoms with E-state index in [-0.39, 0.29) is 5.92 Å². The molecule has 0 radical (unpaired) electrons. The summed E-state index contributed by atoms with van der Waals surface area (Å²) in [6.07, 6.45) is 0.977. The van der Waals surface area contributed by atoms with Gasteiger partial charge in [-0.2, -0.15) is 4.98 Å². The van der Waals surface area contributed by atoms with Crippen LogP contribution in [0.25, 0.3) is 0 Å². The molecule has 0 aliphatic carbocycles. The SMILES string of the molecule is Cc1ccc(NCc2nc(C3CCOC3)no2)cc1. The lowest BCUT2D eigenvalue weighted by Gasteiger charge is -2.03. The van der Waals surface area contributed by atoms with Gasteiger partial charge in [0.05, 0.1) is 13.2 Å². The molecule has 1 aliphatic heterocycles. The number of aromatic nitrogens is 2. The summed E-state index contributed by atoms with van der Waals surface area (Å²) in [5.41, 5.74) is 2.29. The van der Waals surface area contributed by atoms with Gasteiger partial charge in [-0.1, -0.05) is 22.9 Å². The Balaban J connectivity index is 1.59. The molecule has 0 spiro atoms. The maximum absolute atomic E-state index is 5.32. The molecule has 1 aliphatic rings. The van der Waals surface area contributed by atoms with Crippen LogP contribution in [-0.2, 0) is 11.3 Å². The predicted molar refractivity (Wildman–Crippen MR) is 71.0 cm³/mol. The summed E-state index contributed by atoms with van der Waals surface area (Å²) in [6, 6.07) is 8.21. The Morgan fingerprint density at radius 1 is 1.32 bits per heavy atom. The minimum absolute atomic E-state index is 0.289. The van der Waals surface area contributed by atoms with Crippen LogP contribution in [0.1, 0.15) is 29.6 Å². The molecule has 1 atom stereocenters. The van der Waals surface area contributed by atoms with Crippen LogP contribution in [0, 0.1) is 6.92 Å². The average molecular weight is 259 g/mol. The molecule has 19 heavy (non-hydrogen) atoms. The molecule has 1 N–H and O–H groups in total. The first kappa shape index (κ1) is 12.2. The maximum atomic E-state index is 5.32. The Labute approximate surface area is 112 Å². The Kier molecular flexibility index (Phi) is 3.46. The van der Waals surface area contributed by atoms with Gasteiger partial charge >= 0.3 is 0 Å². The second-order valence-electron chi connectivity index (χ2n) is 4.83. The Morgan fingerprint density at radius 2 is 2.16 bits per heavy atom. The van der Waals surface area contributed by atoms with Gasteiger partial charge < -0.3 is 14.6 Å². The van der Waals surface area contributed by atoms with E-state index in [2.05, 4.69) is 34.5 Å². The molecule has 1 unspecified atom stereocenters. The van der Waals surface area contributed by atoms with Crippen molar-refractivity contribution in [1.82, 2.24) is 10.1 Å². The van der Waals surface area contributed by atoms with Crippen molar-refractivity contribution >= 4 is 5.69 Å².